The fourth-order valence-corrected chi connectivity index (χ4v) is 4.47. The van der Waals surface area contributed by atoms with Gasteiger partial charge in [-0.1, -0.05) is 30.3 Å². The first-order valence-electron chi connectivity index (χ1n) is 8.78. The summed E-state index contributed by atoms with van der Waals surface area (Å²) < 4.78 is 11.6. The summed E-state index contributed by atoms with van der Waals surface area (Å²) in [6, 6.07) is 10.9. The van der Waals surface area contributed by atoms with Gasteiger partial charge < -0.3 is 14.8 Å². The number of thiazole rings is 1. The highest BCUT2D eigenvalue weighted by atomic mass is 32.1. The number of nitrogens with one attached hydrogen (secondary N) is 1. The van der Waals surface area contributed by atoms with Gasteiger partial charge in [-0.3, -0.25) is 0 Å². The second-order valence-electron chi connectivity index (χ2n) is 6.72. The fraction of sp³-hybridized carbons (Fsp3) is 0.526. The van der Waals surface area contributed by atoms with Gasteiger partial charge in [0, 0.05) is 43.4 Å². The molecule has 0 radical (unpaired) electrons. The third-order valence-electron chi connectivity index (χ3n) is 5.04. The largest absolute Gasteiger partial charge is 0.381 e. The van der Waals surface area contributed by atoms with Gasteiger partial charge in [0.05, 0.1) is 11.3 Å². The number of rotatable bonds is 4. The van der Waals surface area contributed by atoms with Crippen LogP contribution in [-0.4, -0.2) is 36.4 Å². The van der Waals surface area contributed by atoms with Crippen molar-refractivity contribution in [2.75, 3.05) is 19.8 Å². The Labute approximate surface area is 147 Å². The van der Waals surface area contributed by atoms with Gasteiger partial charge in [-0.2, -0.15) is 0 Å². The van der Waals surface area contributed by atoms with E-state index in [0.29, 0.717) is 6.04 Å². The minimum atomic E-state index is 0.0471. The molecule has 1 aromatic carbocycles. The summed E-state index contributed by atoms with van der Waals surface area (Å²) in [6.45, 7) is 3.35. The molecule has 0 bridgehead atoms. The van der Waals surface area contributed by atoms with Crippen LogP contribution in [0.1, 0.15) is 31.4 Å². The van der Waals surface area contributed by atoms with Gasteiger partial charge in [-0.15, -0.1) is 11.3 Å². The van der Waals surface area contributed by atoms with E-state index in [0.717, 1.165) is 62.8 Å². The smallest absolute Gasteiger partial charge is 0.123 e. The summed E-state index contributed by atoms with van der Waals surface area (Å²) in [4.78, 5) is 4.77. The molecule has 4 nitrogen and oxygen atoms in total. The minimum absolute atomic E-state index is 0.0471. The van der Waals surface area contributed by atoms with Crippen LogP contribution in [-0.2, 0) is 16.0 Å². The van der Waals surface area contributed by atoms with Crippen LogP contribution in [0.5, 0.6) is 0 Å². The van der Waals surface area contributed by atoms with Gasteiger partial charge in [0.2, 0.25) is 0 Å². The van der Waals surface area contributed by atoms with Crippen LogP contribution in [0.15, 0.2) is 35.7 Å². The van der Waals surface area contributed by atoms with Crippen LogP contribution in [0.4, 0.5) is 0 Å². The predicted octanol–water partition coefficient (Wildman–Crippen LogP) is 3.63. The van der Waals surface area contributed by atoms with Gasteiger partial charge >= 0.3 is 0 Å². The van der Waals surface area contributed by atoms with E-state index in [2.05, 4.69) is 35.0 Å². The van der Waals surface area contributed by atoms with E-state index in [1.165, 1.54) is 5.56 Å². The maximum Gasteiger partial charge on any atom is 0.123 e. The average molecular weight is 344 g/mol. The molecule has 0 unspecified atom stereocenters. The van der Waals surface area contributed by atoms with Crippen molar-refractivity contribution in [2.24, 2.45) is 0 Å². The van der Waals surface area contributed by atoms with Crippen LogP contribution in [0.2, 0.25) is 0 Å². The van der Waals surface area contributed by atoms with Crippen molar-refractivity contribution in [1.82, 2.24) is 10.3 Å². The second-order valence-corrected chi connectivity index (χ2v) is 7.58. The lowest BCUT2D eigenvalue weighted by Gasteiger charge is -2.43. The van der Waals surface area contributed by atoms with Crippen molar-refractivity contribution >= 4 is 11.3 Å². The summed E-state index contributed by atoms with van der Waals surface area (Å²) in [5.74, 6) is 0. The summed E-state index contributed by atoms with van der Waals surface area (Å²) in [6.07, 6.45) is 4.23. The van der Waals surface area contributed by atoms with Crippen molar-refractivity contribution in [2.45, 2.75) is 43.9 Å². The fourth-order valence-electron chi connectivity index (χ4n) is 3.64. The monoisotopic (exact) mass is 344 g/mol. The third kappa shape index (κ3) is 3.70. The van der Waals surface area contributed by atoms with Gasteiger partial charge in [-0.25, -0.2) is 4.98 Å². The van der Waals surface area contributed by atoms with Crippen LogP contribution >= 0.6 is 11.3 Å². The molecule has 2 aromatic rings. The number of hydrogen-bond donors (Lipinski definition) is 1. The Kier molecular flexibility index (Phi) is 4.94. The van der Waals surface area contributed by atoms with E-state index in [-0.39, 0.29) is 5.60 Å². The molecule has 3 heterocycles. The van der Waals surface area contributed by atoms with Crippen molar-refractivity contribution in [3.05, 3.63) is 41.4 Å². The lowest BCUT2D eigenvalue weighted by molar-refractivity contribution is -0.140. The Morgan fingerprint density at radius 1 is 1.17 bits per heavy atom. The van der Waals surface area contributed by atoms with Gasteiger partial charge in [0.15, 0.2) is 0 Å². The van der Waals surface area contributed by atoms with Crippen LogP contribution < -0.4 is 5.32 Å². The highest BCUT2D eigenvalue weighted by Gasteiger charge is 2.38. The van der Waals surface area contributed by atoms with E-state index in [1.54, 1.807) is 11.3 Å². The zero-order chi connectivity index (χ0) is 16.2. The van der Waals surface area contributed by atoms with Crippen molar-refractivity contribution in [3.8, 4) is 10.6 Å². The molecular formula is C19H24N2O2S. The van der Waals surface area contributed by atoms with E-state index in [9.17, 15) is 0 Å². The summed E-state index contributed by atoms with van der Waals surface area (Å²) in [5, 5.41) is 6.96. The first-order valence-corrected chi connectivity index (χ1v) is 9.66. The molecule has 4 rings (SSSR count). The molecule has 2 aliphatic rings. The van der Waals surface area contributed by atoms with Crippen molar-refractivity contribution in [1.29, 1.82) is 0 Å². The van der Waals surface area contributed by atoms with Crippen LogP contribution in [0.3, 0.4) is 0 Å². The van der Waals surface area contributed by atoms with E-state index < -0.39 is 0 Å². The number of benzene rings is 1. The van der Waals surface area contributed by atoms with Crippen LogP contribution in [0, 0.1) is 0 Å². The highest BCUT2D eigenvalue weighted by Crippen LogP contribution is 2.34. The predicted molar refractivity (Wildman–Crippen MR) is 96.1 cm³/mol. The van der Waals surface area contributed by atoms with Gasteiger partial charge in [0.1, 0.15) is 5.01 Å². The van der Waals surface area contributed by atoms with Crippen LogP contribution in [0.25, 0.3) is 10.6 Å². The standard InChI is InChI=1S/C19H24N2O2S/c1-2-4-15(5-3-1)18-21-17(14-24-18)13-20-16-6-9-23-19(12-16)7-10-22-11-8-19/h1-5,14,16,20H,6-13H2/t16-/m0/s1. The Balaban J connectivity index is 1.34. The summed E-state index contributed by atoms with van der Waals surface area (Å²) in [5.41, 5.74) is 2.37. The summed E-state index contributed by atoms with van der Waals surface area (Å²) >= 11 is 1.72. The second kappa shape index (κ2) is 7.31. The molecule has 128 valence electrons. The molecule has 1 N–H and O–H groups in total. The zero-order valence-electron chi connectivity index (χ0n) is 13.9. The number of hydrogen-bond acceptors (Lipinski definition) is 5. The highest BCUT2D eigenvalue weighted by molar-refractivity contribution is 7.13. The lowest BCUT2D eigenvalue weighted by atomic mass is 9.84. The molecule has 2 fully saturated rings. The topological polar surface area (TPSA) is 43.4 Å². The number of ether oxygens (including phenoxy) is 2. The quantitative estimate of drug-likeness (QED) is 0.920. The molecule has 1 aromatic heterocycles. The first kappa shape index (κ1) is 16.2. The van der Waals surface area contributed by atoms with Crippen molar-refractivity contribution < 1.29 is 9.47 Å². The Hall–Kier alpha value is -1.27. The molecule has 2 saturated heterocycles. The maximum atomic E-state index is 6.12. The summed E-state index contributed by atoms with van der Waals surface area (Å²) in [7, 11) is 0. The lowest BCUT2D eigenvalue weighted by Crippen LogP contribution is -2.49. The molecule has 0 saturated carbocycles. The van der Waals surface area contributed by atoms with Gasteiger partial charge in [0.25, 0.3) is 0 Å². The molecule has 1 spiro atoms. The molecule has 0 aliphatic carbocycles. The zero-order valence-corrected chi connectivity index (χ0v) is 14.7. The SMILES string of the molecule is c1ccc(-c2nc(CN[C@H]3CCOC4(CCOCC4)C3)cs2)cc1. The minimum Gasteiger partial charge on any atom is -0.381 e. The molecular weight excluding hydrogens is 320 g/mol. The van der Waals surface area contributed by atoms with Crippen molar-refractivity contribution in [3.63, 3.8) is 0 Å². The van der Waals surface area contributed by atoms with E-state index in [4.69, 9.17) is 14.5 Å². The molecule has 24 heavy (non-hydrogen) atoms. The van der Waals surface area contributed by atoms with E-state index >= 15 is 0 Å². The number of aromatic nitrogens is 1. The first-order chi connectivity index (χ1) is 11.8. The number of nitrogens with zero attached hydrogens (tertiary/aromatic N) is 1. The average Bonchev–Trinajstić information content (AvgIpc) is 3.11. The van der Waals surface area contributed by atoms with E-state index in [1.807, 2.05) is 6.07 Å². The third-order valence-corrected chi connectivity index (χ3v) is 5.98. The Morgan fingerprint density at radius 2 is 2.00 bits per heavy atom. The molecule has 0 amide bonds. The Bertz CT molecular complexity index is 647. The van der Waals surface area contributed by atoms with Gasteiger partial charge in [-0.05, 0) is 25.7 Å². The maximum absolute atomic E-state index is 6.12. The molecule has 1 atom stereocenters. The Morgan fingerprint density at radius 3 is 2.83 bits per heavy atom. The normalized spacial score (nSPS) is 23.4. The molecule has 5 heteroatoms. The molecule has 2 aliphatic heterocycles.